The van der Waals surface area contributed by atoms with E-state index in [0.29, 0.717) is 0 Å². The Morgan fingerprint density at radius 3 is 1.94 bits per heavy atom. The number of aliphatic hydroxyl groups excluding tert-OH is 1. The van der Waals surface area contributed by atoms with Crippen LogP contribution >= 0.6 is 0 Å². The number of esters is 1. The van der Waals surface area contributed by atoms with Gasteiger partial charge in [-0.1, -0.05) is 66.7 Å². The first-order valence-corrected chi connectivity index (χ1v) is 11.8. The molecule has 1 aliphatic rings. The lowest BCUT2D eigenvalue weighted by atomic mass is 9.78. The van der Waals surface area contributed by atoms with Crippen molar-refractivity contribution in [3.8, 4) is 5.75 Å². The molecule has 1 fully saturated rings. The zero-order chi connectivity index (χ0) is 25.9. The van der Waals surface area contributed by atoms with Crippen molar-refractivity contribution in [3.05, 3.63) is 95.8 Å². The number of hydrogen-bond acceptors (Lipinski definition) is 6. The van der Waals surface area contributed by atoms with Gasteiger partial charge in [-0.2, -0.15) is 0 Å². The molecule has 1 atom stereocenters. The van der Waals surface area contributed by atoms with Crippen LogP contribution in [0.1, 0.15) is 44.9 Å². The molecular formula is C28H30BFO6. The minimum atomic E-state index is -1.56. The smallest absolute Gasteiger partial charge is 0.490 e. The normalized spacial score (nSPS) is 17.1. The SMILES string of the molecule is CC1(C)OB(c2ccc(OC[C@@H](O)C(=O)OC(c3ccccc3)c3ccccc3)cc2F)OC1(C)C. The molecule has 1 aliphatic heterocycles. The molecule has 1 N–H and O–H groups in total. The Morgan fingerprint density at radius 1 is 0.917 bits per heavy atom. The molecule has 0 spiro atoms. The van der Waals surface area contributed by atoms with Crippen LogP contribution in [0.5, 0.6) is 5.75 Å². The quantitative estimate of drug-likeness (QED) is 0.376. The van der Waals surface area contributed by atoms with E-state index in [1.54, 1.807) is 0 Å². The lowest BCUT2D eigenvalue weighted by Gasteiger charge is -2.32. The molecule has 0 saturated carbocycles. The second-order valence-corrected chi connectivity index (χ2v) is 9.74. The van der Waals surface area contributed by atoms with Crippen LogP contribution in [-0.2, 0) is 18.8 Å². The molecule has 0 aliphatic carbocycles. The van der Waals surface area contributed by atoms with Gasteiger partial charge in [-0.05, 0) is 44.9 Å². The Hall–Kier alpha value is -3.20. The minimum absolute atomic E-state index is 0.155. The van der Waals surface area contributed by atoms with Gasteiger partial charge in [-0.15, -0.1) is 0 Å². The summed E-state index contributed by atoms with van der Waals surface area (Å²) in [5, 5.41) is 10.4. The zero-order valence-corrected chi connectivity index (χ0v) is 20.8. The molecule has 4 rings (SSSR count). The van der Waals surface area contributed by atoms with Crippen LogP contribution in [0.25, 0.3) is 0 Å². The van der Waals surface area contributed by atoms with Crippen molar-refractivity contribution in [1.82, 2.24) is 0 Å². The zero-order valence-electron chi connectivity index (χ0n) is 20.8. The highest BCUT2D eigenvalue weighted by Gasteiger charge is 2.52. The first-order valence-electron chi connectivity index (χ1n) is 11.8. The Morgan fingerprint density at radius 2 is 1.44 bits per heavy atom. The second-order valence-electron chi connectivity index (χ2n) is 9.74. The van der Waals surface area contributed by atoms with Gasteiger partial charge in [0.15, 0.2) is 12.2 Å². The lowest BCUT2D eigenvalue weighted by Crippen LogP contribution is -2.41. The third kappa shape index (κ3) is 5.62. The van der Waals surface area contributed by atoms with E-state index < -0.39 is 48.9 Å². The van der Waals surface area contributed by atoms with Gasteiger partial charge in [0.25, 0.3) is 0 Å². The fraction of sp³-hybridized carbons (Fsp3) is 0.321. The van der Waals surface area contributed by atoms with Crippen molar-refractivity contribution >= 4 is 18.6 Å². The number of aliphatic hydroxyl groups is 1. The standard InChI is InChI=1S/C28H30BFO6/c1-27(2)28(3,4)36-29(35-27)22-16-15-21(17-23(22)30)33-18-24(31)26(32)34-25(19-11-7-5-8-12-19)20-13-9-6-10-14-20/h5-17,24-25,31H,18H2,1-4H3/t24-/m1/s1. The van der Waals surface area contributed by atoms with Crippen LogP contribution in [0.15, 0.2) is 78.9 Å². The molecule has 188 valence electrons. The molecule has 0 radical (unpaired) electrons. The highest BCUT2D eigenvalue weighted by atomic mass is 19.1. The van der Waals surface area contributed by atoms with Gasteiger partial charge in [-0.3, -0.25) is 0 Å². The van der Waals surface area contributed by atoms with E-state index in [1.165, 1.54) is 18.2 Å². The maximum atomic E-state index is 14.8. The highest BCUT2D eigenvalue weighted by molar-refractivity contribution is 6.62. The van der Waals surface area contributed by atoms with Crippen molar-refractivity contribution in [2.45, 2.75) is 51.1 Å². The molecule has 1 heterocycles. The van der Waals surface area contributed by atoms with Crippen molar-refractivity contribution in [1.29, 1.82) is 0 Å². The second kappa shape index (κ2) is 10.4. The predicted molar refractivity (Wildman–Crippen MR) is 134 cm³/mol. The largest absolute Gasteiger partial charge is 0.497 e. The topological polar surface area (TPSA) is 74.2 Å². The van der Waals surface area contributed by atoms with E-state index >= 15 is 0 Å². The number of halogens is 1. The molecule has 0 bridgehead atoms. The summed E-state index contributed by atoms with van der Waals surface area (Å²) < 4.78 is 37.8. The van der Waals surface area contributed by atoms with Crippen LogP contribution in [0.4, 0.5) is 4.39 Å². The highest BCUT2D eigenvalue weighted by Crippen LogP contribution is 2.36. The minimum Gasteiger partial charge on any atom is -0.490 e. The average Bonchev–Trinajstić information content (AvgIpc) is 3.08. The summed E-state index contributed by atoms with van der Waals surface area (Å²) in [7, 11) is -0.850. The van der Waals surface area contributed by atoms with E-state index in [9.17, 15) is 14.3 Å². The van der Waals surface area contributed by atoms with Crippen molar-refractivity contribution in [2.24, 2.45) is 0 Å². The summed E-state index contributed by atoms with van der Waals surface area (Å²) in [6.45, 7) is 7.17. The number of rotatable bonds is 8. The van der Waals surface area contributed by atoms with Gasteiger partial charge in [-0.25, -0.2) is 9.18 Å². The maximum absolute atomic E-state index is 14.8. The summed E-state index contributed by atoms with van der Waals surface area (Å²) >= 11 is 0. The molecule has 1 saturated heterocycles. The van der Waals surface area contributed by atoms with Crippen molar-refractivity contribution in [3.63, 3.8) is 0 Å². The maximum Gasteiger partial charge on any atom is 0.497 e. The Balaban J connectivity index is 1.39. The van der Waals surface area contributed by atoms with Gasteiger partial charge < -0.3 is 23.9 Å². The van der Waals surface area contributed by atoms with E-state index in [1.807, 2.05) is 88.4 Å². The van der Waals surface area contributed by atoms with Crippen LogP contribution in [-0.4, -0.2) is 42.1 Å². The summed E-state index contributed by atoms with van der Waals surface area (Å²) in [5.74, 6) is -1.26. The number of ether oxygens (including phenoxy) is 2. The van der Waals surface area contributed by atoms with Crippen LogP contribution in [0.2, 0.25) is 0 Å². The Bertz CT molecular complexity index is 1130. The molecule has 6 nitrogen and oxygen atoms in total. The van der Waals surface area contributed by atoms with E-state index in [-0.39, 0.29) is 11.2 Å². The fourth-order valence-corrected chi connectivity index (χ4v) is 3.78. The monoisotopic (exact) mass is 492 g/mol. The molecule has 8 heteroatoms. The van der Waals surface area contributed by atoms with Crippen LogP contribution < -0.4 is 10.2 Å². The van der Waals surface area contributed by atoms with Gasteiger partial charge in [0.05, 0.1) is 11.2 Å². The molecule has 0 unspecified atom stereocenters. The number of benzene rings is 3. The summed E-state index contributed by atoms with van der Waals surface area (Å²) in [4.78, 5) is 12.7. The Labute approximate surface area is 211 Å². The molecule has 0 aromatic heterocycles. The third-order valence-electron chi connectivity index (χ3n) is 6.60. The van der Waals surface area contributed by atoms with E-state index in [0.717, 1.165) is 11.1 Å². The van der Waals surface area contributed by atoms with E-state index in [4.69, 9.17) is 18.8 Å². The van der Waals surface area contributed by atoms with Crippen LogP contribution in [0, 0.1) is 5.82 Å². The first kappa shape index (κ1) is 25.9. The van der Waals surface area contributed by atoms with Crippen molar-refractivity contribution < 1.29 is 33.1 Å². The Kier molecular flexibility index (Phi) is 7.50. The molecular weight excluding hydrogens is 462 g/mol. The van der Waals surface area contributed by atoms with Gasteiger partial charge in [0.1, 0.15) is 18.2 Å². The van der Waals surface area contributed by atoms with E-state index in [2.05, 4.69) is 0 Å². The van der Waals surface area contributed by atoms with Gasteiger partial charge >= 0.3 is 13.1 Å². The van der Waals surface area contributed by atoms with Crippen molar-refractivity contribution in [2.75, 3.05) is 6.61 Å². The third-order valence-corrected chi connectivity index (χ3v) is 6.60. The molecule has 3 aromatic carbocycles. The molecule has 0 amide bonds. The lowest BCUT2D eigenvalue weighted by molar-refractivity contribution is -0.159. The predicted octanol–water partition coefficient (Wildman–Crippen LogP) is 4.20. The van der Waals surface area contributed by atoms with Gasteiger partial charge in [0, 0.05) is 11.5 Å². The molecule has 36 heavy (non-hydrogen) atoms. The number of carbonyl (C=O) groups is 1. The average molecular weight is 492 g/mol. The summed E-state index contributed by atoms with van der Waals surface area (Å²) in [6.07, 6.45) is -2.25. The first-order chi connectivity index (χ1) is 17.1. The molecule has 3 aromatic rings. The number of carbonyl (C=O) groups excluding carboxylic acids is 1. The fourth-order valence-electron chi connectivity index (χ4n) is 3.78. The van der Waals surface area contributed by atoms with Crippen LogP contribution in [0.3, 0.4) is 0 Å². The number of hydrogen-bond donors (Lipinski definition) is 1. The van der Waals surface area contributed by atoms with Gasteiger partial charge in [0.2, 0.25) is 0 Å². The summed E-state index contributed by atoms with van der Waals surface area (Å²) in [6, 6.07) is 22.7. The summed E-state index contributed by atoms with van der Waals surface area (Å²) in [5.41, 5.74) is 0.591.